The maximum atomic E-state index is 13.1. The molecule has 0 amide bonds. The maximum absolute atomic E-state index is 13.1. The summed E-state index contributed by atoms with van der Waals surface area (Å²) in [6.45, 7) is 14.3. The second kappa shape index (κ2) is 74.8. The van der Waals surface area contributed by atoms with E-state index in [9.17, 15) is 43.2 Å². The average Bonchev–Trinajstić information content (AvgIpc) is 0.925. The van der Waals surface area contributed by atoms with Crippen molar-refractivity contribution in [2.75, 3.05) is 39.6 Å². The Kier molecular flexibility index (Phi) is 73.4. The molecule has 0 aromatic carbocycles. The van der Waals surface area contributed by atoms with Crippen molar-refractivity contribution in [3.8, 4) is 0 Å². The summed E-state index contributed by atoms with van der Waals surface area (Å²) in [6, 6.07) is 0. The van der Waals surface area contributed by atoms with Gasteiger partial charge in [-0.1, -0.05) is 396 Å². The van der Waals surface area contributed by atoms with Crippen LogP contribution in [0.1, 0.15) is 447 Å². The molecule has 624 valence electrons. The van der Waals surface area contributed by atoms with E-state index < -0.39 is 97.5 Å². The summed E-state index contributed by atoms with van der Waals surface area (Å²) in [5, 5.41) is 10.7. The Morgan fingerprint density at radius 1 is 0.267 bits per heavy atom. The number of aliphatic hydroxyl groups excluding tert-OH is 1. The molecule has 3 unspecified atom stereocenters. The molecule has 0 aliphatic heterocycles. The minimum Gasteiger partial charge on any atom is -0.462 e. The third-order valence-corrected chi connectivity index (χ3v) is 22.3. The Labute approximate surface area is 645 Å². The highest BCUT2D eigenvalue weighted by atomic mass is 31.2. The van der Waals surface area contributed by atoms with E-state index in [4.69, 9.17) is 37.0 Å². The fraction of sp³-hybridized carbons (Fsp3) is 0.953. The lowest BCUT2D eigenvalue weighted by molar-refractivity contribution is -0.161. The van der Waals surface area contributed by atoms with Crippen LogP contribution in [0.2, 0.25) is 0 Å². The van der Waals surface area contributed by atoms with Gasteiger partial charge < -0.3 is 33.8 Å². The van der Waals surface area contributed by atoms with Crippen molar-refractivity contribution in [2.24, 2.45) is 23.7 Å². The fourth-order valence-electron chi connectivity index (χ4n) is 13.3. The number of aliphatic hydroxyl groups is 1. The van der Waals surface area contributed by atoms with Gasteiger partial charge in [0.25, 0.3) is 0 Å². The number of carbonyl (C=O) groups is 4. The Balaban J connectivity index is 5.18. The van der Waals surface area contributed by atoms with Crippen LogP contribution in [0.5, 0.6) is 0 Å². The fourth-order valence-corrected chi connectivity index (χ4v) is 14.9. The highest BCUT2D eigenvalue weighted by molar-refractivity contribution is 7.47. The number of phosphoric ester groups is 2. The molecule has 0 aromatic rings. The lowest BCUT2D eigenvalue weighted by Gasteiger charge is -2.21. The molecule has 17 nitrogen and oxygen atoms in total. The van der Waals surface area contributed by atoms with Gasteiger partial charge in [0.2, 0.25) is 0 Å². The van der Waals surface area contributed by atoms with Gasteiger partial charge in [0, 0.05) is 25.7 Å². The quantitative estimate of drug-likeness (QED) is 0.0222. The SMILES string of the molecule is CCC(C)CCCCCCCCCCCCCCCCCCCCC(=O)O[C@H](COC(=O)CCCCCCCCC(C)C)COP(=O)(O)OC[C@H](O)COP(=O)(O)OC[C@@H](COC(=O)CCCCCCCCCCCCCCC(C)C)OC(=O)CCCCCCCCCCCCCCCCCCC(C)C. The molecule has 0 saturated carbocycles. The third-order valence-electron chi connectivity index (χ3n) is 20.4. The number of rotatable bonds is 83. The highest BCUT2D eigenvalue weighted by Crippen LogP contribution is 2.45. The zero-order valence-corrected chi connectivity index (χ0v) is 71.2. The van der Waals surface area contributed by atoms with Crippen LogP contribution >= 0.6 is 15.6 Å². The first-order valence-electron chi connectivity index (χ1n) is 44.2. The van der Waals surface area contributed by atoms with E-state index in [1.165, 1.54) is 244 Å². The summed E-state index contributed by atoms with van der Waals surface area (Å²) in [7, 11) is -9.93. The number of esters is 4. The minimum atomic E-state index is -4.97. The zero-order chi connectivity index (χ0) is 77.4. The monoisotopic (exact) mass is 1540 g/mol. The van der Waals surface area contributed by atoms with Crippen molar-refractivity contribution in [3.63, 3.8) is 0 Å². The summed E-state index contributed by atoms with van der Waals surface area (Å²) in [4.78, 5) is 73.2. The van der Waals surface area contributed by atoms with E-state index in [0.29, 0.717) is 31.6 Å². The van der Waals surface area contributed by atoms with Gasteiger partial charge in [0.15, 0.2) is 12.2 Å². The van der Waals surface area contributed by atoms with Crippen LogP contribution in [0.4, 0.5) is 0 Å². The molecule has 0 spiro atoms. The lowest BCUT2D eigenvalue weighted by Crippen LogP contribution is -2.30. The van der Waals surface area contributed by atoms with Crippen molar-refractivity contribution >= 4 is 39.5 Å². The predicted molar refractivity (Wildman–Crippen MR) is 432 cm³/mol. The van der Waals surface area contributed by atoms with Crippen LogP contribution in [0.25, 0.3) is 0 Å². The first-order chi connectivity index (χ1) is 50.6. The smallest absolute Gasteiger partial charge is 0.462 e. The van der Waals surface area contributed by atoms with Gasteiger partial charge in [-0.2, -0.15) is 0 Å². The predicted octanol–water partition coefficient (Wildman–Crippen LogP) is 25.9. The Morgan fingerprint density at radius 2 is 0.457 bits per heavy atom. The van der Waals surface area contributed by atoms with Crippen molar-refractivity contribution in [1.82, 2.24) is 0 Å². The Hall–Kier alpha value is -1.94. The minimum absolute atomic E-state index is 0.107. The zero-order valence-electron chi connectivity index (χ0n) is 69.4. The largest absolute Gasteiger partial charge is 0.472 e. The molecule has 105 heavy (non-hydrogen) atoms. The number of carbonyl (C=O) groups excluding carboxylic acids is 4. The molecule has 0 aromatic heterocycles. The highest BCUT2D eigenvalue weighted by Gasteiger charge is 2.31. The molecule has 3 N–H and O–H groups in total. The molecule has 0 aliphatic carbocycles. The van der Waals surface area contributed by atoms with Crippen molar-refractivity contribution in [2.45, 2.75) is 465 Å². The standard InChI is InChI=1S/C86H168O17P2/c1-9-79(8)65-57-49-40-34-28-21-17-12-10-11-13-18-22-30-36-42-52-61-69-86(91)103-82(73-97-84(89)67-59-51-45-44-48-56-64-78(6)7)75-101-105(94,95)99-71-80(87)70-98-104(92,93)100-74-81(72-96-83(88)66-58-50-41-35-29-25-24-27-33-39-47-55-63-77(4)5)102-85(90)68-60-53-43-37-31-23-19-15-14-16-20-26-32-38-46-54-62-76(2)3/h76-82,87H,9-75H2,1-8H3,(H,92,93)(H,94,95)/t79?,80-,81-,82-/m1/s1. The number of hydrogen-bond acceptors (Lipinski definition) is 15. The molecule has 0 fully saturated rings. The van der Waals surface area contributed by atoms with Crippen molar-refractivity contribution < 1.29 is 80.2 Å². The summed E-state index contributed by atoms with van der Waals surface area (Å²) < 4.78 is 68.8. The van der Waals surface area contributed by atoms with Crippen LogP contribution in [0.3, 0.4) is 0 Å². The molecule has 0 heterocycles. The average molecular weight is 1540 g/mol. The molecule has 0 saturated heterocycles. The van der Waals surface area contributed by atoms with E-state index in [1.54, 1.807) is 0 Å². The summed E-state index contributed by atoms with van der Waals surface area (Å²) in [5.41, 5.74) is 0. The normalized spacial score (nSPS) is 14.2. The lowest BCUT2D eigenvalue weighted by atomic mass is 9.99. The Morgan fingerprint density at radius 3 is 0.676 bits per heavy atom. The number of hydrogen-bond donors (Lipinski definition) is 3. The molecular weight excluding hydrogens is 1370 g/mol. The van der Waals surface area contributed by atoms with Gasteiger partial charge in [-0.05, 0) is 49.4 Å². The second-order valence-electron chi connectivity index (χ2n) is 32.6. The second-order valence-corrected chi connectivity index (χ2v) is 35.5. The van der Waals surface area contributed by atoms with Crippen LogP contribution in [-0.2, 0) is 65.4 Å². The summed E-state index contributed by atoms with van der Waals surface area (Å²) >= 11 is 0. The van der Waals surface area contributed by atoms with E-state index in [-0.39, 0.29) is 25.7 Å². The number of phosphoric acid groups is 2. The van der Waals surface area contributed by atoms with E-state index in [2.05, 4.69) is 55.4 Å². The van der Waals surface area contributed by atoms with Gasteiger partial charge in [-0.25, -0.2) is 9.13 Å². The van der Waals surface area contributed by atoms with Crippen LogP contribution < -0.4 is 0 Å². The molecular formula is C86H168O17P2. The topological polar surface area (TPSA) is 237 Å². The van der Waals surface area contributed by atoms with Crippen molar-refractivity contribution in [1.29, 1.82) is 0 Å². The first-order valence-corrected chi connectivity index (χ1v) is 47.2. The molecule has 0 bridgehead atoms. The number of ether oxygens (including phenoxy) is 4. The van der Waals surface area contributed by atoms with Gasteiger partial charge >= 0.3 is 39.5 Å². The first kappa shape index (κ1) is 103. The molecule has 6 atom stereocenters. The van der Waals surface area contributed by atoms with Crippen LogP contribution in [0.15, 0.2) is 0 Å². The third kappa shape index (κ3) is 78.5. The Bertz CT molecular complexity index is 2040. The van der Waals surface area contributed by atoms with Crippen LogP contribution in [-0.4, -0.2) is 96.7 Å². The van der Waals surface area contributed by atoms with Gasteiger partial charge in [0.05, 0.1) is 26.4 Å². The summed E-state index contributed by atoms with van der Waals surface area (Å²) in [5.74, 6) is 1.03. The molecule has 0 radical (unpaired) electrons. The van der Waals surface area contributed by atoms with Gasteiger partial charge in [-0.3, -0.25) is 37.3 Å². The molecule has 0 rings (SSSR count). The number of unbranched alkanes of at least 4 members (excludes halogenated alkanes) is 48. The molecule has 0 aliphatic rings. The van der Waals surface area contributed by atoms with E-state index in [0.717, 1.165) is 114 Å². The summed E-state index contributed by atoms with van der Waals surface area (Å²) in [6.07, 6.45) is 64.0. The van der Waals surface area contributed by atoms with Gasteiger partial charge in [0.1, 0.15) is 19.3 Å². The van der Waals surface area contributed by atoms with E-state index in [1.807, 2.05) is 0 Å². The van der Waals surface area contributed by atoms with Gasteiger partial charge in [-0.15, -0.1) is 0 Å². The van der Waals surface area contributed by atoms with Crippen LogP contribution in [0, 0.1) is 23.7 Å². The maximum Gasteiger partial charge on any atom is 0.472 e. The van der Waals surface area contributed by atoms with Crippen molar-refractivity contribution in [3.05, 3.63) is 0 Å². The van der Waals surface area contributed by atoms with E-state index >= 15 is 0 Å². The molecule has 19 heteroatoms.